The highest BCUT2D eigenvalue weighted by atomic mass is 16.4. The van der Waals surface area contributed by atoms with Crippen molar-refractivity contribution in [2.24, 2.45) is 0 Å². The SMILES string of the molecule is Cc1cccc(NC(=O)c2cc3ccccc3oc2=O)[nH+]1. The second-order valence-electron chi connectivity index (χ2n) is 4.69. The van der Waals surface area contributed by atoms with Gasteiger partial charge >= 0.3 is 11.5 Å². The highest BCUT2D eigenvalue weighted by Gasteiger charge is 2.18. The van der Waals surface area contributed by atoms with Crippen molar-refractivity contribution in [2.75, 3.05) is 5.32 Å². The van der Waals surface area contributed by atoms with Gasteiger partial charge in [0.15, 0.2) is 5.56 Å². The number of fused-ring (bicyclic) bond motifs is 1. The Morgan fingerprint density at radius 1 is 1.14 bits per heavy atom. The number of para-hydroxylation sites is 1. The number of H-pyrrole nitrogens is 1. The van der Waals surface area contributed by atoms with E-state index < -0.39 is 11.5 Å². The number of benzene rings is 1. The molecule has 0 radical (unpaired) electrons. The molecule has 0 bridgehead atoms. The van der Waals surface area contributed by atoms with E-state index in [4.69, 9.17) is 4.42 Å². The van der Waals surface area contributed by atoms with E-state index in [2.05, 4.69) is 10.3 Å². The number of hydrogen-bond donors (Lipinski definition) is 1. The zero-order valence-corrected chi connectivity index (χ0v) is 11.3. The van der Waals surface area contributed by atoms with Gasteiger partial charge in [-0.15, -0.1) is 0 Å². The number of anilines is 1. The smallest absolute Gasteiger partial charge is 0.351 e. The minimum absolute atomic E-state index is 0.0244. The second-order valence-corrected chi connectivity index (χ2v) is 4.69. The quantitative estimate of drug-likeness (QED) is 0.731. The molecule has 2 heterocycles. The summed E-state index contributed by atoms with van der Waals surface area (Å²) in [6, 6.07) is 14.0. The van der Waals surface area contributed by atoms with Crippen LogP contribution in [0.1, 0.15) is 16.1 Å². The lowest BCUT2D eigenvalue weighted by Gasteiger charge is -2.00. The normalized spacial score (nSPS) is 10.5. The maximum Gasteiger partial charge on any atom is 0.351 e. The third kappa shape index (κ3) is 2.67. The lowest BCUT2D eigenvalue weighted by Crippen LogP contribution is -2.25. The molecule has 3 aromatic rings. The molecule has 0 saturated carbocycles. The van der Waals surface area contributed by atoms with Crippen molar-refractivity contribution in [3.05, 3.63) is 70.2 Å². The molecule has 104 valence electrons. The number of amides is 1. The average molecular weight is 281 g/mol. The molecule has 0 fully saturated rings. The molecular weight excluding hydrogens is 268 g/mol. The topological polar surface area (TPSA) is 73.5 Å². The van der Waals surface area contributed by atoms with Gasteiger partial charge in [0.05, 0.1) is 5.69 Å². The van der Waals surface area contributed by atoms with Crippen molar-refractivity contribution in [3.63, 3.8) is 0 Å². The fourth-order valence-corrected chi connectivity index (χ4v) is 2.07. The van der Waals surface area contributed by atoms with E-state index in [1.807, 2.05) is 25.1 Å². The minimum Gasteiger partial charge on any atom is -0.422 e. The lowest BCUT2D eigenvalue weighted by atomic mass is 10.2. The largest absolute Gasteiger partial charge is 0.422 e. The van der Waals surface area contributed by atoms with Crippen molar-refractivity contribution >= 4 is 22.7 Å². The van der Waals surface area contributed by atoms with E-state index >= 15 is 0 Å². The first-order chi connectivity index (χ1) is 10.1. The Balaban J connectivity index is 1.98. The van der Waals surface area contributed by atoms with Crippen LogP contribution in [0.5, 0.6) is 0 Å². The van der Waals surface area contributed by atoms with E-state index in [1.165, 1.54) is 6.07 Å². The molecule has 3 rings (SSSR count). The van der Waals surface area contributed by atoms with Crippen molar-refractivity contribution in [1.82, 2.24) is 0 Å². The molecule has 2 aromatic heterocycles. The fourth-order valence-electron chi connectivity index (χ4n) is 2.07. The Kier molecular flexibility index (Phi) is 3.23. The molecule has 2 N–H and O–H groups in total. The van der Waals surface area contributed by atoms with E-state index in [9.17, 15) is 9.59 Å². The molecule has 1 aromatic carbocycles. The van der Waals surface area contributed by atoms with Gasteiger partial charge in [-0.25, -0.2) is 19.9 Å². The number of aryl methyl sites for hydroxylation is 1. The van der Waals surface area contributed by atoms with E-state index in [1.54, 1.807) is 24.3 Å². The average Bonchev–Trinajstić information content (AvgIpc) is 2.46. The van der Waals surface area contributed by atoms with E-state index in [-0.39, 0.29) is 5.56 Å². The molecule has 0 atom stereocenters. The maximum absolute atomic E-state index is 12.2. The number of aromatic amines is 1. The third-order valence-corrected chi connectivity index (χ3v) is 3.08. The van der Waals surface area contributed by atoms with E-state index in [0.29, 0.717) is 16.8 Å². The number of aromatic nitrogens is 1. The molecule has 5 heteroatoms. The Hall–Kier alpha value is -2.95. The molecule has 0 saturated heterocycles. The Morgan fingerprint density at radius 2 is 1.95 bits per heavy atom. The highest BCUT2D eigenvalue weighted by molar-refractivity contribution is 6.04. The maximum atomic E-state index is 12.2. The molecular formula is C16H13N2O3+. The van der Waals surface area contributed by atoms with Gasteiger partial charge in [0.25, 0.3) is 5.82 Å². The van der Waals surface area contributed by atoms with Gasteiger partial charge in [0.2, 0.25) is 0 Å². The van der Waals surface area contributed by atoms with Crippen LogP contribution in [-0.2, 0) is 0 Å². The van der Waals surface area contributed by atoms with Gasteiger partial charge in [-0.2, -0.15) is 0 Å². The monoisotopic (exact) mass is 281 g/mol. The van der Waals surface area contributed by atoms with Crippen LogP contribution in [0.25, 0.3) is 11.0 Å². The number of nitrogens with one attached hydrogen (secondary N) is 2. The van der Waals surface area contributed by atoms with Crippen LogP contribution >= 0.6 is 0 Å². The number of carbonyl (C=O) groups excluding carboxylic acids is 1. The second kappa shape index (κ2) is 5.20. The first kappa shape index (κ1) is 13.1. The van der Waals surface area contributed by atoms with Crippen molar-refractivity contribution < 1.29 is 14.2 Å². The summed E-state index contributed by atoms with van der Waals surface area (Å²) in [5, 5.41) is 3.35. The molecule has 0 aliphatic rings. The number of carbonyl (C=O) groups is 1. The molecule has 21 heavy (non-hydrogen) atoms. The van der Waals surface area contributed by atoms with Crippen LogP contribution in [0.15, 0.2) is 57.7 Å². The van der Waals surface area contributed by atoms with Crippen LogP contribution in [0.2, 0.25) is 0 Å². The standard InChI is InChI=1S/C16H12N2O3/c1-10-5-4-8-14(17-10)18-15(19)12-9-11-6-2-3-7-13(11)21-16(12)20/h2-9H,1H3,(H,17,18,19)/p+1. The highest BCUT2D eigenvalue weighted by Crippen LogP contribution is 2.13. The summed E-state index contributed by atoms with van der Waals surface area (Å²) in [5.41, 5.74) is 0.682. The zero-order chi connectivity index (χ0) is 14.8. The lowest BCUT2D eigenvalue weighted by molar-refractivity contribution is -0.370. The van der Waals surface area contributed by atoms with E-state index in [0.717, 1.165) is 5.69 Å². The summed E-state index contributed by atoms with van der Waals surface area (Å²) in [6.07, 6.45) is 0. The molecule has 0 unspecified atom stereocenters. The summed E-state index contributed by atoms with van der Waals surface area (Å²) in [6.45, 7) is 1.88. The first-order valence-electron chi connectivity index (χ1n) is 6.47. The van der Waals surface area contributed by atoms with Crippen molar-refractivity contribution in [2.45, 2.75) is 6.92 Å². The third-order valence-electron chi connectivity index (χ3n) is 3.08. The summed E-state index contributed by atoms with van der Waals surface area (Å²) >= 11 is 0. The van der Waals surface area contributed by atoms with Gasteiger partial charge < -0.3 is 4.42 Å². The van der Waals surface area contributed by atoms with Crippen LogP contribution < -0.4 is 15.9 Å². The summed E-state index contributed by atoms with van der Waals surface area (Å²) in [4.78, 5) is 27.1. The summed E-state index contributed by atoms with van der Waals surface area (Å²) < 4.78 is 5.15. The molecule has 0 spiro atoms. The van der Waals surface area contributed by atoms with Gasteiger partial charge in [-0.05, 0) is 25.1 Å². The van der Waals surface area contributed by atoms with Crippen LogP contribution in [0.4, 0.5) is 5.82 Å². The first-order valence-corrected chi connectivity index (χ1v) is 6.47. The number of pyridine rings is 1. The Morgan fingerprint density at radius 3 is 2.76 bits per heavy atom. The van der Waals surface area contributed by atoms with Gasteiger partial charge in [0.1, 0.15) is 5.58 Å². The molecule has 5 nitrogen and oxygen atoms in total. The number of hydrogen-bond acceptors (Lipinski definition) is 3. The Bertz CT molecular complexity index is 884. The summed E-state index contributed by atoms with van der Waals surface area (Å²) in [7, 11) is 0. The minimum atomic E-state index is -0.654. The number of rotatable bonds is 2. The van der Waals surface area contributed by atoms with Crippen molar-refractivity contribution in [3.8, 4) is 0 Å². The Labute approximate surface area is 120 Å². The fraction of sp³-hybridized carbons (Fsp3) is 0.0625. The van der Waals surface area contributed by atoms with Crippen molar-refractivity contribution in [1.29, 1.82) is 0 Å². The van der Waals surface area contributed by atoms with Crippen LogP contribution in [0, 0.1) is 6.92 Å². The predicted molar refractivity (Wildman–Crippen MR) is 78.2 cm³/mol. The van der Waals surface area contributed by atoms with Crippen LogP contribution in [-0.4, -0.2) is 5.91 Å². The zero-order valence-electron chi connectivity index (χ0n) is 11.3. The summed E-state index contributed by atoms with van der Waals surface area (Å²) in [5.74, 6) is 0.0175. The van der Waals surface area contributed by atoms with Gasteiger partial charge in [-0.1, -0.05) is 24.3 Å². The van der Waals surface area contributed by atoms with Gasteiger partial charge in [0, 0.05) is 11.5 Å². The molecule has 0 aliphatic heterocycles. The molecule has 1 amide bonds. The van der Waals surface area contributed by atoms with Gasteiger partial charge in [-0.3, -0.25) is 0 Å². The predicted octanol–water partition coefficient (Wildman–Crippen LogP) is 2.17. The van der Waals surface area contributed by atoms with Crippen LogP contribution in [0.3, 0.4) is 0 Å². The molecule has 0 aliphatic carbocycles.